The van der Waals surface area contributed by atoms with Crippen LogP contribution < -0.4 is 5.73 Å². The number of aldehydes is 1. The fraction of sp³-hybridized carbons (Fsp3) is 0.625. The Hall–Kier alpha value is -0.630. The van der Waals surface area contributed by atoms with E-state index in [1.165, 1.54) is 0 Å². The van der Waals surface area contributed by atoms with Gasteiger partial charge in [0.25, 0.3) is 0 Å². The molecule has 0 radical (unpaired) electrons. The van der Waals surface area contributed by atoms with Gasteiger partial charge < -0.3 is 10.5 Å². The molecule has 0 rings (SSSR count). The number of hydrogen-bond donors (Lipinski definition) is 1. The first-order valence-electron chi connectivity index (χ1n) is 3.48. The third-order valence-electron chi connectivity index (χ3n) is 1.39. The summed E-state index contributed by atoms with van der Waals surface area (Å²) in [5.41, 5.74) is 4.92. The van der Waals surface area contributed by atoms with Gasteiger partial charge in [-0.3, -0.25) is 0 Å². The van der Waals surface area contributed by atoms with E-state index in [1.807, 2.05) is 6.08 Å². The molecule has 0 aliphatic carbocycles. The molecule has 0 bridgehead atoms. The summed E-state index contributed by atoms with van der Waals surface area (Å²) in [6.07, 6.45) is 5.25. The van der Waals surface area contributed by atoms with Gasteiger partial charge in [0.15, 0.2) is 0 Å². The molecule has 0 saturated carbocycles. The zero-order valence-electron chi connectivity index (χ0n) is 6.47. The monoisotopic (exact) mass is 143 g/mol. The molecule has 0 heterocycles. The van der Waals surface area contributed by atoms with Gasteiger partial charge in [0.2, 0.25) is 0 Å². The molecule has 1 atom stereocenters. The van der Waals surface area contributed by atoms with Crippen molar-refractivity contribution in [3.05, 3.63) is 12.7 Å². The van der Waals surface area contributed by atoms with E-state index in [4.69, 9.17) is 5.73 Å². The van der Waals surface area contributed by atoms with E-state index in [0.717, 1.165) is 25.5 Å². The first-order chi connectivity index (χ1) is 4.62. The van der Waals surface area contributed by atoms with Crippen molar-refractivity contribution in [1.29, 1.82) is 0 Å². The molecule has 2 heteroatoms. The molecule has 10 heavy (non-hydrogen) atoms. The second kappa shape index (κ2) is 4.23. The summed E-state index contributed by atoms with van der Waals surface area (Å²) in [4.78, 5) is 10.3. The lowest BCUT2D eigenvalue weighted by atomic mass is 9.98. The Balaban J connectivity index is 0. The van der Waals surface area contributed by atoms with Crippen molar-refractivity contribution in [3.63, 3.8) is 0 Å². The molecule has 0 fully saturated rings. The van der Waals surface area contributed by atoms with Gasteiger partial charge in [0.05, 0.1) is 5.54 Å². The zero-order chi connectivity index (χ0) is 8.04. The van der Waals surface area contributed by atoms with Crippen LogP contribution in [0.15, 0.2) is 12.7 Å². The lowest BCUT2D eigenvalue weighted by Crippen LogP contribution is -2.37. The van der Waals surface area contributed by atoms with Crippen molar-refractivity contribution in [3.8, 4) is 0 Å². The van der Waals surface area contributed by atoms with Gasteiger partial charge in [-0.15, -0.1) is 6.58 Å². The normalized spacial score (nSPS) is 15.8. The van der Waals surface area contributed by atoms with E-state index in [-0.39, 0.29) is 1.43 Å². The Morgan fingerprint density at radius 3 is 2.80 bits per heavy atom. The molecule has 2 nitrogen and oxygen atoms in total. The average molecular weight is 143 g/mol. The summed E-state index contributed by atoms with van der Waals surface area (Å²) in [7, 11) is 0. The highest BCUT2D eigenvalue weighted by molar-refractivity contribution is 5.62. The molecular formula is C8H17NO. The lowest BCUT2D eigenvalue weighted by Gasteiger charge is -2.15. The Morgan fingerprint density at radius 1 is 1.80 bits per heavy atom. The largest absolute Gasteiger partial charge is 0.319 e. The van der Waals surface area contributed by atoms with Crippen LogP contribution >= 0.6 is 0 Å². The summed E-state index contributed by atoms with van der Waals surface area (Å²) < 4.78 is 0. The molecular weight excluding hydrogens is 126 g/mol. The van der Waals surface area contributed by atoms with Gasteiger partial charge in [0.1, 0.15) is 6.29 Å². The van der Waals surface area contributed by atoms with Gasteiger partial charge in [0, 0.05) is 1.43 Å². The van der Waals surface area contributed by atoms with Crippen LogP contribution in [0.4, 0.5) is 0 Å². The molecule has 0 aliphatic heterocycles. The summed E-state index contributed by atoms with van der Waals surface area (Å²) in [5.74, 6) is 0. The van der Waals surface area contributed by atoms with Crippen LogP contribution in [0.25, 0.3) is 0 Å². The molecule has 2 N–H and O–H groups in total. The maximum absolute atomic E-state index is 10.3. The lowest BCUT2D eigenvalue weighted by molar-refractivity contribution is -0.111. The van der Waals surface area contributed by atoms with Gasteiger partial charge >= 0.3 is 0 Å². The number of unbranched alkanes of at least 4 members (excludes halogenated alkanes) is 1. The minimum atomic E-state index is -0.636. The first kappa shape index (κ1) is 9.37. The molecule has 0 spiro atoms. The molecule has 0 aromatic heterocycles. The Morgan fingerprint density at radius 2 is 2.40 bits per heavy atom. The summed E-state index contributed by atoms with van der Waals surface area (Å²) in [5, 5.41) is 0. The minimum Gasteiger partial charge on any atom is -0.319 e. The van der Waals surface area contributed by atoms with Crippen LogP contribution in [-0.4, -0.2) is 11.8 Å². The second-order valence-corrected chi connectivity index (χ2v) is 2.80. The molecule has 0 unspecified atom stereocenters. The molecule has 0 aromatic carbocycles. The van der Waals surface area contributed by atoms with Gasteiger partial charge in [-0.2, -0.15) is 0 Å². The van der Waals surface area contributed by atoms with Crippen molar-refractivity contribution in [2.75, 3.05) is 0 Å². The first-order valence-corrected chi connectivity index (χ1v) is 3.48. The van der Waals surface area contributed by atoms with Gasteiger partial charge in [-0.1, -0.05) is 6.08 Å². The fourth-order valence-electron chi connectivity index (χ4n) is 0.686. The summed E-state index contributed by atoms with van der Waals surface area (Å²) >= 11 is 0. The Kier molecular flexibility index (Phi) is 3.96. The van der Waals surface area contributed by atoms with E-state index < -0.39 is 5.54 Å². The van der Waals surface area contributed by atoms with Crippen molar-refractivity contribution < 1.29 is 6.22 Å². The van der Waals surface area contributed by atoms with E-state index >= 15 is 0 Å². The van der Waals surface area contributed by atoms with E-state index in [0.29, 0.717) is 0 Å². The number of carbonyl (C=O) groups excluding carboxylic acids is 1. The van der Waals surface area contributed by atoms with Crippen molar-refractivity contribution in [1.82, 2.24) is 0 Å². The maximum atomic E-state index is 10.3. The highest BCUT2D eigenvalue weighted by Gasteiger charge is 2.14. The predicted octanol–water partition coefficient (Wildman–Crippen LogP) is 1.51. The molecule has 0 saturated heterocycles. The van der Waals surface area contributed by atoms with Crippen molar-refractivity contribution in [2.24, 2.45) is 5.73 Å². The summed E-state index contributed by atoms with van der Waals surface area (Å²) in [6, 6.07) is 0. The van der Waals surface area contributed by atoms with Crippen LogP contribution in [0.1, 0.15) is 27.6 Å². The summed E-state index contributed by atoms with van der Waals surface area (Å²) in [6.45, 7) is 5.32. The van der Waals surface area contributed by atoms with Crippen LogP contribution in [0.2, 0.25) is 0 Å². The molecule has 0 aliphatic rings. The number of carbonyl (C=O) groups is 1. The van der Waals surface area contributed by atoms with Crippen LogP contribution in [0.5, 0.6) is 0 Å². The second-order valence-electron chi connectivity index (χ2n) is 2.80. The smallest absolute Gasteiger partial charge is 0.139 e. The van der Waals surface area contributed by atoms with Gasteiger partial charge in [-0.25, -0.2) is 0 Å². The fourth-order valence-corrected chi connectivity index (χ4v) is 0.686. The van der Waals surface area contributed by atoms with E-state index in [2.05, 4.69) is 6.58 Å². The molecule has 0 aromatic rings. The van der Waals surface area contributed by atoms with E-state index in [1.54, 1.807) is 6.92 Å². The molecule has 0 amide bonds. The van der Waals surface area contributed by atoms with Crippen molar-refractivity contribution in [2.45, 2.75) is 31.7 Å². The van der Waals surface area contributed by atoms with Crippen molar-refractivity contribution >= 4 is 6.29 Å². The number of hydrogen-bond acceptors (Lipinski definition) is 2. The molecule has 60 valence electrons. The topological polar surface area (TPSA) is 43.1 Å². The third-order valence-corrected chi connectivity index (χ3v) is 1.39. The third kappa shape index (κ3) is 4.27. The number of nitrogens with two attached hydrogens (primary N) is 1. The van der Waals surface area contributed by atoms with Crippen LogP contribution in [0.3, 0.4) is 0 Å². The Labute approximate surface area is 63.6 Å². The SMILES string of the molecule is C=CCCC[C@@](C)(N)C=O.[HH]. The minimum absolute atomic E-state index is 0. The zero-order valence-corrected chi connectivity index (χ0v) is 6.47. The van der Waals surface area contributed by atoms with Crippen LogP contribution in [0, 0.1) is 0 Å². The number of rotatable bonds is 5. The van der Waals surface area contributed by atoms with Gasteiger partial charge in [-0.05, 0) is 26.2 Å². The van der Waals surface area contributed by atoms with E-state index in [9.17, 15) is 4.79 Å². The maximum Gasteiger partial charge on any atom is 0.139 e. The standard InChI is InChI=1S/C8H15NO.H2/c1-3-4-5-6-8(2,9)7-10;/h3,7H,1,4-6,9H2,2H3;1H/t8-;/m1./s1. The average Bonchev–Trinajstić information content (AvgIpc) is 1.89. The highest BCUT2D eigenvalue weighted by Crippen LogP contribution is 2.07. The highest BCUT2D eigenvalue weighted by atomic mass is 16.1. The van der Waals surface area contributed by atoms with Crippen LogP contribution in [-0.2, 0) is 4.79 Å². The Bertz CT molecular complexity index is 123. The quantitative estimate of drug-likeness (QED) is 0.360. The number of allylic oxidation sites excluding steroid dienone is 1. The predicted molar refractivity (Wildman–Crippen MR) is 44.8 cm³/mol.